The van der Waals surface area contributed by atoms with E-state index in [1.807, 2.05) is 0 Å². The van der Waals surface area contributed by atoms with Crippen LogP contribution in [-0.2, 0) is 11.4 Å². The fraction of sp³-hybridized carbons (Fsp3) is 0.0800. The summed E-state index contributed by atoms with van der Waals surface area (Å²) in [5.74, 6) is -0.519. The lowest BCUT2D eigenvalue weighted by Crippen LogP contribution is -2.27. The lowest BCUT2D eigenvalue weighted by Gasteiger charge is -2.13. The van der Waals surface area contributed by atoms with Crippen LogP contribution in [0.2, 0.25) is 5.02 Å². The second-order valence-corrected chi connectivity index (χ2v) is 8.57. The van der Waals surface area contributed by atoms with Gasteiger partial charge in [-0.3, -0.25) is 9.59 Å². The Hall–Kier alpha value is -3.75. The van der Waals surface area contributed by atoms with E-state index in [0.29, 0.717) is 27.8 Å². The fourth-order valence-electron chi connectivity index (χ4n) is 3.26. The highest BCUT2D eigenvalue weighted by atomic mass is 35.5. The number of hydrogen-bond acceptors (Lipinski definition) is 6. The van der Waals surface area contributed by atoms with Gasteiger partial charge < -0.3 is 14.6 Å². The van der Waals surface area contributed by atoms with Crippen LogP contribution in [-0.4, -0.2) is 29.3 Å². The smallest absolute Gasteiger partial charge is 0.335 e. The molecule has 0 atom stereocenters. The van der Waals surface area contributed by atoms with Gasteiger partial charge in [0.1, 0.15) is 6.61 Å². The molecule has 1 saturated heterocycles. The zero-order chi connectivity index (χ0) is 24.2. The number of ether oxygens (including phenoxy) is 2. The number of benzene rings is 3. The van der Waals surface area contributed by atoms with Gasteiger partial charge in [0, 0.05) is 0 Å². The summed E-state index contributed by atoms with van der Waals surface area (Å²) in [6.07, 6.45) is 1.61. The maximum Gasteiger partial charge on any atom is 0.335 e. The molecule has 0 spiro atoms. The molecular weight excluding hydrogens is 478 g/mol. The SMILES string of the molecule is COc1cc(/C=C2\SC(=O)N(c3ccccc3Cl)C2=O)ccc1OCc1ccc(C(=O)O)cc1. The number of halogens is 1. The normalized spacial score (nSPS) is 14.5. The lowest BCUT2D eigenvalue weighted by atomic mass is 10.1. The van der Waals surface area contributed by atoms with Crippen LogP contribution in [0, 0.1) is 0 Å². The summed E-state index contributed by atoms with van der Waals surface area (Å²) >= 11 is 7.00. The molecular formula is C25H18ClNO6S. The van der Waals surface area contributed by atoms with Crippen molar-refractivity contribution in [2.24, 2.45) is 0 Å². The predicted octanol–water partition coefficient (Wildman–Crippen LogP) is 5.87. The minimum absolute atomic E-state index is 0.199. The van der Waals surface area contributed by atoms with Gasteiger partial charge in [-0.15, -0.1) is 0 Å². The van der Waals surface area contributed by atoms with Crippen LogP contribution in [0.1, 0.15) is 21.5 Å². The Balaban J connectivity index is 1.51. The van der Waals surface area contributed by atoms with Crippen LogP contribution in [0.4, 0.5) is 10.5 Å². The van der Waals surface area contributed by atoms with Crippen molar-refractivity contribution < 1.29 is 29.0 Å². The Labute approximate surface area is 204 Å². The fourth-order valence-corrected chi connectivity index (χ4v) is 4.31. The van der Waals surface area contributed by atoms with Gasteiger partial charge in [0.15, 0.2) is 11.5 Å². The number of para-hydroxylation sites is 1. The second-order valence-electron chi connectivity index (χ2n) is 7.17. The van der Waals surface area contributed by atoms with E-state index < -0.39 is 17.1 Å². The first-order valence-electron chi connectivity index (χ1n) is 10.0. The molecule has 1 aliphatic rings. The maximum absolute atomic E-state index is 12.9. The van der Waals surface area contributed by atoms with Crippen molar-refractivity contribution in [2.45, 2.75) is 6.61 Å². The Kier molecular flexibility index (Phi) is 6.90. The Morgan fingerprint density at radius 1 is 1.06 bits per heavy atom. The minimum atomic E-state index is -0.991. The Morgan fingerprint density at radius 3 is 2.47 bits per heavy atom. The zero-order valence-electron chi connectivity index (χ0n) is 17.9. The molecule has 4 rings (SSSR count). The van der Waals surface area contributed by atoms with Crippen LogP contribution in [0.25, 0.3) is 6.08 Å². The van der Waals surface area contributed by atoms with Crippen LogP contribution >= 0.6 is 23.4 Å². The summed E-state index contributed by atoms with van der Waals surface area (Å²) in [7, 11) is 1.50. The predicted molar refractivity (Wildman–Crippen MR) is 131 cm³/mol. The number of carboxylic acid groups (broad SMARTS) is 1. The van der Waals surface area contributed by atoms with Crippen LogP contribution in [0.5, 0.6) is 11.5 Å². The van der Waals surface area contributed by atoms with Gasteiger partial charge in [-0.05, 0) is 65.4 Å². The molecule has 1 aliphatic heterocycles. The maximum atomic E-state index is 12.9. The molecule has 2 amide bonds. The lowest BCUT2D eigenvalue weighted by molar-refractivity contribution is -0.113. The number of amides is 2. The second kappa shape index (κ2) is 10.0. The Bertz CT molecular complexity index is 1310. The number of aromatic carboxylic acids is 1. The van der Waals surface area contributed by atoms with E-state index in [9.17, 15) is 14.4 Å². The van der Waals surface area contributed by atoms with Gasteiger partial charge in [0.2, 0.25) is 0 Å². The molecule has 0 radical (unpaired) electrons. The quantitative estimate of drug-likeness (QED) is 0.410. The number of thioether (sulfide) groups is 1. The van der Waals surface area contributed by atoms with Crippen molar-refractivity contribution in [3.63, 3.8) is 0 Å². The van der Waals surface area contributed by atoms with Crippen molar-refractivity contribution in [1.29, 1.82) is 0 Å². The van der Waals surface area contributed by atoms with Gasteiger partial charge in [-0.2, -0.15) is 0 Å². The van der Waals surface area contributed by atoms with Crippen molar-refractivity contribution in [3.8, 4) is 11.5 Å². The van der Waals surface area contributed by atoms with Crippen LogP contribution in [0.3, 0.4) is 0 Å². The molecule has 9 heteroatoms. The molecule has 172 valence electrons. The number of imide groups is 1. The van der Waals surface area contributed by atoms with Gasteiger partial charge in [0.05, 0.1) is 28.3 Å². The van der Waals surface area contributed by atoms with E-state index in [2.05, 4.69) is 0 Å². The number of methoxy groups -OCH3 is 1. The third kappa shape index (κ3) is 4.93. The largest absolute Gasteiger partial charge is 0.493 e. The molecule has 1 N–H and O–H groups in total. The molecule has 0 bridgehead atoms. The van der Waals surface area contributed by atoms with E-state index in [1.54, 1.807) is 60.7 Å². The zero-order valence-corrected chi connectivity index (χ0v) is 19.4. The highest BCUT2D eigenvalue weighted by Gasteiger charge is 2.37. The summed E-state index contributed by atoms with van der Waals surface area (Å²) in [4.78, 5) is 37.7. The summed E-state index contributed by atoms with van der Waals surface area (Å²) in [5, 5.41) is 8.88. The average molecular weight is 496 g/mol. The molecule has 1 fully saturated rings. The van der Waals surface area contributed by atoms with E-state index >= 15 is 0 Å². The highest BCUT2D eigenvalue weighted by Crippen LogP contribution is 2.39. The van der Waals surface area contributed by atoms with E-state index in [1.165, 1.54) is 19.2 Å². The summed E-state index contributed by atoms with van der Waals surface area (Å²) in [6, 6.07) is 18.2. The number of carbonyl (C=O) groups excluding carboxylic acids is 2. The molecule has 7 nitrogen and oxygen atoms in total. The van der Waals surface area contributed by atoms with Crippen molar-refractivity contribution in [3.05, 3.63) is 93.3 Å². The topological polar surface area (TPSA) is 93.1 Å². The third-order valence-corrected chi connectivity index (χ3v) is 6.16. The van der Waals surface area contributed by atoms with E-state index in [0.717, 1.165) is 22.2 Å². The molecule has 0 unspecified atom stereocenters. The Morgan fingerprint density at radius 2 is 1.79 bits per heavy atom. The monoisotopic (exact) mass is 495 g/mol. The number of carboxylic acids is 1. The first kappa shape index (κ1) is 23.4. The van der Waals surface area contributed by atoms with Crippen molar-refractivity contribution in [1.82, 2.24) is 0 Å². The average Bonchev–Trinajstić information content (AvgIpc) is 3.11. The van der Waals surface area contributed by atoms with Gasteiger partial charge >= 0.3 is 5.97 Å². The first-order valence-corrected chi connectivity index (χ1v) is 11.2. The third-order valence-electron chi connectivity index (χ3n) is 4.97. The summed E-state index contributed by atoms with van der Waals surface area (Å²) in [5.41, 5.74) is 1.99. The minimum Gasteiger partial charge on any atom is -0.493 e. The standard InChI is InChI=1S/C25H18ClNO6S/c1-32-21-12-16(8-11-20(21)33-14-15-6-9-17(10-7-15)24(29)30)13-22-23(28)27(25(31)34-22)19-5-3-2-4-18(19)26/h2-13H,14H2,1H3,(H,29,30)/b22-13-. The van der Waals surface area contributed by atoms with Gasteiger partial charge in [0.25, 0.3) is 11.1 Å². The van der Waals surface area contributed by atoms with Crippen LogP contribution < -0.4 is 14.4 Å². The summed E-state index contributed by atoms with van der Waals surface area (Å²) < 4.78 is 11.2. The molecule has 3 aromatic rings. The molecule has 0 aromatic heterocycles. The van der Waals surface area contributed by atoms with Gasteiger partial charge in [-0.1, -0.05) is 41.9 Å². The summed E-state index contributed by atoms with van der Waals surface area (Å²) in [6.45, 7) is 0.215. The van der Waals surface area contributed by atoms with E-state index in [4.69, 9.17) is 26.2 Å². The first-order chi connectivity index (χ1) is 16.4. The molecule has 1 heterocycles. The number of anilines is 1. The number of nitrogens with zero attached hydrogens (tertiary/aromatic N) is 1. The van der Waals surface area contributed by atoms with Crippen molar-refractivity contribution >= 4 is 52.2 Å². The molecule has 0 aliphatic carbocycles. The molecule has 34 heavy (non-hydrogen) atoms. The van der Waals surface area contributed by atoms with Crippen LogP contribution in [0.15, 0.2) is 71.6 Å². The number of carbonyl (C=O) groups is 3. The molecule has 3 aromatic carbocycles. The highest BCUT2D eigenvalue weighted by molar-refractivity contribution is 8.19. The van der Waals surface area contributed by atoms with Gasteiger partial charge in [-0.25, -0.2) is 9.69 Å². The van der Waals surface area contributed by atoms with Crippen molar-refractivity contribution in [2.75, 3.05) is 12.0 Å². The number of rotatable bonds is 7. The molecule has 0 saturated carbocycles. The number of hydrogen-bond donors (Lipinski definition) is 1. The van der Waals surface area contributed by atoms with E-state index in [-0.39, 0.29) is 17.1 Å².